The molecule has 3 fully saturated rings. The summed E-state index contributed by atoms with van der Waals surface area (Å²) in [4.78, 5) is 80.5. The highest BCUT2D eigenvalue weighted by molar-refractivity contribution is 8.00. The van der Waals surface area contributed by atoms with Gasteiger partial charge in [-0.2, -0.15) is 4.57 Å². The highest BCUT2D eigenvalue weighted by atomic mass is 32.2. The molecule has 284 valence electrons. The number of oxime groups is 1. The average molecular weight is 784 g/mol. The Morgan fingerprint density at radius 1 is 1.09 bits per heavy atom. The SMILES string of the molecule is Nc1nc(C(=NOC2CCCC2)C(=O)N[C@@H]2C(=O)N3C(C(=O)O)=C(C=C4CCN(Cc5cc[n+](CC(=O)N6CCc7ccccc76)cc5)C4=O)CS[C@H]23)cs1. The Kier molecular flexibility index (Phi) is 10.1. The molecule has 1 aromatic carbocycles. The van der Waals surface area contributed by atoms with Crippen LogP contribution in [0.4, 0.5) is 10.8 Å². The molecular formula is C38H39N8O7S2+. The zero-order chi connectivity index (χ0) is 38.2. The Morgan fingerprint density at radius 3 is 2.62 bits per heavy atom. The molecule has 1 aliphatic carbocycles. The lowest BCUT2D eigenvalue weighted by atomic mass is 10.0. The summed E-state index contributed by atoms with van der Waals surface area (Å²) in [6.07, 6.45) is 10.1. The van der Waals surface area contributed by atoms with Crippen LogP contribution in [0.1, 0.15) is 48.9 Å². The summed E-state index contributed by atoms with van der Waals surface area (Å²) in [5.74, 6) is -2.54. The van der Waals surface area contributed by atoms with Crippen molar-refractivity contribution >= 4 is 69.2 Å². The van der Waals surface area contributed by atoms with Gasteiger partial charge in [-0.3, -0.25) is 24.1 Å². The van der Waals surface area contributed by atoms with E-state index in [0.717, 1.165) is 54.7 Å². The molecule has 2 aromatic heterocycles. The van der Waals surface area contributed by atoms with Crippen LogP contribution in [0.2, 0.25) is 0 Å². The first kappa shape index (κ1) is 36.4. The predicted octanol–water partition coefficient (Wildman–Crippen LogP) is 2.36. The number of carbonyl (C=O) groups is 5. The van der Waals surface area contributed by atoms with E-state index in [0.29, 0.717) is 37.2 Å². The highest BCUT2D eigenvalue weighted by Crippen LogP contribution is 2.41. The number of anilines is 2. The van der Waals surface area contributed by atoms with Gasteiger partial charge < -0.3 is 30.8 Å². The molecule has 0 bridgehead atoms. The number of allylic oxidation sites excluding steroid dienone is 1. The van der Waals surface area contributed by atoms with Crippen molar-refractivity contribution in [2.24, 2.45) is 5.16 Å². The number of pyridine rings is 1. The van der Waals surface area contributed by atoms with E-state index < -0.39 is 29.2 Å². The van der Waals surface area contributed by atoms with Crippen molar-refractivity contribution in [2.45, 2.75) is 69.1 Å². The second-order valence-corrected chi connectivity index (χ2v) is 16.0. The van der Waals surface area contributed by atoms with Crippen LogP contribution in [0, 0.1) is 0 Å². The van der Waals surface area contributed by atoms with E-state index in [2.05, 4.69) is 15.5 Å². The molecule has 17 heteroatoms. The number of thioether (sulfide) groups is 1. The molecule has 55 heavy (non-hydrogen) atoms. The number of fused-ring (bicyclic) bond motifs is 2. The quantitative estimate of drug-likeness (QED) is 0.0856. The van der Waals surface area contributed by atoms with Gasteiger partial charge in [0.2, 0.25) is 12.5 Å². The van der Waals surface area contributed by atoms with Crippen LogP contribution < -0.4 is 20.5 Å². The van der Waals surface area contributed by atoms with Crippen LogP contribution in [0.15, 0.2) is 82.2 Å². The molecule has 4 N–H and O–H groups in total. The maximum absolute atomic E-state index is 13.5. The van der Waals surface area contributed by atoms with E-state index in [1.807, 2.05) is 58.3 Å². The number of carboxylic acids is 1. The van der Waals surface area contributed by atoms with Crippen LogP contribution in [-0.4, -0.2) is 91.6 Å². The molecule has 3 aromatic rings. The lowest BCUT2D eigenvalue weighted by Crippen LogP contribution is -2.71. The molecule has 0 radical (unpaired) electrons. The van der Waals surface area contributed by atoms with Gasteiger partial charge in [0.05, 0.1) is 0 Å². The van der Waals surface area contributed by atoms with Gasteiger partial charge in [-0.25, -0.2) is 9.78 Å². The van der Waals surface area contributed by atoms with Crippen LogP contribution in [0.25, 0.3) is 0 Å². The molecule has 4 amide bonds. The Hall–Kier alpha value is -5.55. The Morgan fingerprint density at radius 2 is 1.87 bits per heavy atom. The van der Waals surface area contributed by atoms with Gasteiger partial charge in [0.25, 0.3) is 17.7 Å². The molecule has 0 spiro atoms. The lowest BCUT2D eigenvalue weighted by Gasteiger charge is -2.49. The fraction of sp³-hybridized carbons (Fsp3) is 0.368. The summed E-state index contributed by atoms with van der Waals surface area (Å²) in [5, 5.41) is 18.2. The Balaban J connectivity index is 0.904. The summed E-state index contributed by atoms with van der Waals surface area (Å²) >= 11 is 2.45. The topological polar surface area (TPSA) is 192 Å². The molecule has 4 aliphatic heterocycles. The molecule has 15 nitrogen and oxygen atoms in total. The van der Waals surface area contributed by atoms with Gasteiger partial charge in [-0.1, -0.05) is 23.4 Å². The van der Waals surface area contributed by atoms with Crippen LogP contribution in [-0.2, 0) is 48.3 Å². The first-order valence-corrected chi connectivity index (χ1v) is 20.1. The predicted molar refractivity (Wildman–Crippen MR) is 203 cm³/mol. The van der Waals surface area contributed by atoms with Gasteiger partial charge >= 0.3 is 5.97 Å². The number of nitrogens with one attached hydrogen (secondary N) is 1. The van der Waals surface area contributed by atoms with E-state index in [9.17, 15) is 29.1 Å². The number of para-hydroxylation sites is 1. The summed E-state index contributed by atoms with van der Waals surface area (Å²) in [6.45, 7) is 1.67. The molecule has 2 atom stereocenters. The molecule has 6 heterocycles. The number of aliphatic carboxylic acids is 1. The zero-order valence-electron chi connectivity index (χ0n) is 29.8. The van der Waals surface area contributed by atoms with Crippen LogP contribution >= 0.6 is 23.1 Å². The van der Waals surface area contributed by atoms with Gasteiger partial charge in [-0.15, -0.1) is 23.1 Å². The zero-order valence-corrected chi connectivity index (χ0v) is 31.4. The number of aromatic nitrogens is 2. The number of hydrogen-bond acceptors (Lipinski definition) is 11. The average Bonchev–Trinajstić information content (AvgIpc) is 4.01. The number of hydrogen-bond donors (Lipinski definition) is 3. The van der Waals surface area contributed by atoms with Crippen molar-refractivity contribution < 1.29 is 38.5 Å². The fourth-order valence-corrected chi connectivity index (χ4v) is 9.46. The number of likely N-dealkylation sites (tertiary alicyclic amines) is 1. The number of benzene rings is 1. The molecular weight excluding hydrogens is 745 g/mol. The maximum Gasteiger partial charge on any atom is 0.352 e. The van der Waals surface area contributed by atoms with E-state index >= 15 is 0 Å². The van der Waals surface area contributed by atoms with Crippen molar-refractivity contribution in [1.82, 2.24) is 20.1 Å². The number of nitrogen functional groups attached to an aromatic ring is 1. The van der Waals surface area contributed by atoms with Gasteiger partial charge in [-0.05, 0) is 67.4 Å². The smallest absolute Gasteiger partial charge is 0.352 e. The number of nitrogens with zero attached hydrogens (tertiary/aromatic N) is 6. The van der Waals surface area contributed by atoms with Crippen LogP contribution in [0.5, 0.6) is 0 Å². The number of carbonyl (C=O) groups excluding carboxylic acids is 4. The molecule has 2 saturated heterocycles. The van der Waals surface area contributed by atoms with Crippen molar-refractivity contribution in [3.05, 3.63) is 93.9 Å². The Labute approximate surface area is 324 Å². The van der Waals surface area contributed by atoms with Gasteiger partial charge in [0.15, 0.2) is 23.2 Å². The Bertz CT molecular complexity index is 2160. The summed E-state index contributed by atoms with van der Waals surface area (Å²) < 4.78 is 1.82. The third-order valence-corrected chi connectivity index (χ3v) is 12.4. The van der Waals surface area contributed by atoms with E-state index in [1.165, 1.54) is 22.2 Å². The van der Waals surface area contributed by atoms with Crippen molar-refractivity contribution in [3.8, 4) is 0 Å². The van der Waals surface area contributed by atoms with Gasteiger partial charge in [0.1, 0.15) is 28.9 Å². The second kappa shape index (κ2) is 15.3. The minimum Gasteiger partial charge on any atom is -0.477 e. The van der Waals surface area contributed by atoms with E-state index in [1.54, 1.807) is 16.4 Å². The summed E-state index contributed by atoms with van der Waals surface area (Å²) in [7, 11) is 0. The monoisotopic (exact) mass is 783 g/mol. The number of rotatable bonds is 11. The van der Waals surface area contributed by atoms with Crippen molar-refractivity contribution in [1.29, 1.82) is 0 Å². The number of nitrogens with two attached hydrogens (primary N) is 1. The van der Waals surface area contributed by atoms with E-state index in [-0.39, 0.29) is 52.5 Å². The molecule has 1 saturated carbocycles. The summed E-state index contributed by atoms with van der Waals surface area (Å²) in [5.41, 5.74) is 9.55. The first-order valence-electron chi connectivity index (χ1n) is 18.2. The normalized spacial score (nSPS) is 21.9. The van der Waals surface area contributed by atoms with Crippen LogP contribution in [0.3, 0.4) is 0 Å². The fourth-order valence-electron chi connectivity index (χ4n) is 7.61. The number of carboxylic acid groups (broad SMARTS) is 1. The third-order valence-electron chi connectivity index (χ3n) is 10.5. The molecule has 8 rings (SSSR count). The number of amides is 4. The van der Waals surface area contributed by atoms with E-state index in [4.69, 9.17) is 10.6 Å². The van der Waals surface area contributed by atoms with Crippen molar-refractivity contribution in [2.75, 3.05) is 29.5 Å². The number of β-lactam (4-membered cyclic amide) rings is 1. The maximum atomic E-state index is 13.5. The van der Waals surface area contributed by atoms with Gasteiger partial charge in [0, 0.05) is 54.2 Å². The third kappa shape index (κ3) is 7.33. The number of thiazole rings is 1. The minimum absolute atomic E-state index is 0.00994. The largest absolute Gasteiger partial charge is 0.477 e. The second-order valence-electron chi connectivity index (χ2n) is 14.0. The minimum atomic E-state index is -1.30. The highest BCUT2D eigenvalue weighted by Gasteiger charge is 2.54. The summed E-state index contributed by atoms with van der Waals surface area (Å²) in [6, 6.07) is 10.7. The standard InChI is InChI=1S/C38H38N8O7S2/c39-38-40-27(21-55-38)30(42-53-26-6-2-3-7-26)33(48)41-31-35(50)46-32(37(51)52)25(20-54-36(31)46)17-24-11-15-44(34(24)49)18-22-9-13-43(14-10-22)19-29(47)45-16-12-23-5-1-4-8-28(23)45/h1,4-5,8-10,13-14,17,21,26,31,36H,2-3,6-7,11-12,15-16,18-20H2,(H3-,39,40,41,48,51,52)/p+1/t31-,36-/m1/s1. The first-order chi connectivity index (χ1) is 26.6. The molecule has 5 aliphatic rings. The lowest BCUT2D eigenvalue weighted by molar-refractivity contribution is -0.684. The van der Waals surface area contributed by atoms with Crippen molar-refractivity contribution in [3.63, 3.8) is 0 Å². The molecule has 0 unspecified atom stereocenters.